The number of nitrogen functional groups attached to an aromatic ring is 2. The zero-order valence-corrected chi connectivity index (χ0v) is 11.4. The van der Waals surface area contributed by atoms with Crippen LogP contribution >= 0.6 is 0 Å². The van der Waals surface area contributed by atoms with Crippen molar-refractivity contribution in [3.63, 3.8) is 0 Å². The Morgan fingerprint density at radius 3 is 2.43 bits per heavy atom. The van der Waals surface area contributed by atoms with E-state index in [0.29, 0.717) is 28.1 Å². The van der Waals surface area contributed by atoms with E-state index in [1.54, 1.807) is 31.4 Å². The summed E-state index contributed by atoms with van der Waals surface area (Å²) in [6, 6.07) is 11.8. The van der Waals surface area contributed by atoms with Crippen LogP contribution in [0.25, 0.3) is 22.3 Å². The standard InChI is InChI=1S/C16H14N2O3/c1-20-11-4-2-9(3-5-11)15-8-14(19)12-6-10(17)7-13(18)16(12)21-15/h2-8H,17-18H2,1H3. The predicted octanol–water partition coefficient (Wildman–Crippen LogP) is 2.63. The molecule has 1 heterocycles. The van der Waals surface area contributed by atoms with E-state index in [1.807, 2.05) is 12.1 Å². The maximum Gasteiger partial charge on any atom is 0.193 e. The summed E-state index contributed by atoms with van der Waals surface area (Å²) in [5.74, 6) is 1.18. The smallest absolute Gasteiger partial charge is 0.193 e. The van der Waals surface area contributed by atoms with Gasteiger partial charge in [-0.3, -0.25) is 4.79 Å². The van der Waals surface area contributed by atoms with E-state index in [1.165, 1.54) is 6.07 Å². The topological polar surface area (TPSA) is 91.5 Å². The van der Waals surface area contributed by atoms with Gasteiger partial charge in [0.05, 0.1) is 18.2 Å². The number of nitrogens with two attached hydrogens (primary N) is 2. The van der Waals surface area contributed by atoms with E-state index in [0.717, 1.165) is 11.3 Å². The lowest BCUT2D eigenvalue weighted by molar-refractivity contribution is 0.415. The molecule has 4 N–H and O–H groups in total. The second-order valence-electron chi connectivity index (χ2n) is 4.69. The van der Waals surface area contributed by atoms with Crippen molar-refractivity contribution in [3.05, 3.63) is 52.7 Å². The Morgan fingerprint density at radius 1 is 1.05 bits per heavy atom. The summed E-state index contributed by atoms with van der Waals surface area (Å²) in [5, 5.41) is 0.379. The van der Waals surface area contributed by atoms with Crippen LogP contribution in [0.4, 0.5) is 11.4 Å². The first kappa shape index (κ1) is 13.1. The van der Waals surface area contributed by atoms with Gasteiger partial charge in [-0.25, -0.2) is 0 Å². The van der Waals surface area contributed by atoms with Crippen LogP contribution in [0.2, 0.25) is 0 Å². The molecule has 5 nitrogen and oxygen atoms in total. The van der Waals surface area contributed by atoms with Gasteiger partial charge in [0.1, 0.15) is 11.5 Å². The molecule has 5 heteroatoms. The van der Waals surface area contributed by atoms with Crippen LogP contribution in [0.5, 0.6) is 5.75 Å². The molecule has 0 aliphatic rings. The summed E-state index contributed by atoms with van der Waals surface area (Å²) in [6.45, 7) is 0. The lowest BCUT2D eigenvalue weighted by Gasteiger charge is -2.07. The lowest BCUT2D eigenvalue weighted by atomic mass is 10.1. The highest BCUT2D eigenvalue weighted by Gasteiger charge is 2.10. The van der Waals surface area contributed by atoms with E-state index in [4.69, 9.17) is 20.6 Å². The van der Waals surface area contributed by atoms with Crippen LogP contribution in [0.1, 0.15) is 0 Å². The molecule has 0 unspecified atom stereocenters. The first-order valence-electron chi connectivity index (χ1n) is 6.36. The number of hydrogen-bond donors (Lipinski definition) is 2. The summed E-state index contributed by atoms with van der Waals surface area (Å²) in [6.07, 6.45) is 0. The maximum absolute atomic E-state index is 12.2. The molecule has 0 amide bonds. The van der Waals surface area contributed by atoms with Gasteiger partial charge in [-0.05, 0) is 36.4 Å². The van der Waals surface area contributed by atoms with Gasteiger partial charge in [0.2, 0.25) is 0 Å². The fourth-order valence-corrected chi connectivity index (χ4v) is 2.21. The Labute approximate surface area is 120 Å². The quantitative estimate of drug-likeness (QED) is 0.705. The highest BCUT2D eigenvalue weighted by Crippen LogP contribution is 2.28. The number of fused-ring (bicyclic) bond motifs is 1. The molecule has 0 saturated heterocycles. The molecule has 0 bridgehead atoms. The summed E-state index contributed by atoms with van der Waals surface area (Å²) in [4.78, 5) is 12.2. The van der Waals surface area contributed by atoms with Crippen LogP contribution in [0, 0.1) is 0 Å². The third-order valence-electron chi connectivity index (χ3n) is 3.25. The Kier molecular flexibility index (Phi) is 3.02. The highest BCUT2D eigenvalue weighted by molar-refractivity contribution is 5.91. The minimum atomic E-state index is -0.180. The Bertz CT molecular complexity index is 867. The van der Waals surface area contributed by atoms with Gasteiger partial charge in [-0.2, -0.15) is 0 Å². The van der Waals surface area contributed by atoms with Crippen molar-refractivity contribution in [1.82, 2.24) is 0 Å². The number of ether oxygens (including phenoxy) is 1. The molecule has 0 spiro atoms. The van der Waals surface area contributed by atoms with Crippen LogP contribution < -0.4 is 21.6 Å². The van der Waals surface area contributed by atoms with Crippen LogP contribution in [0.3, 0.4) is 0 Å². The van der Waals surface area contributed by atoms with E-state index in [2.05, 4.69) is 0 Å². The van der Waals surface area contributed by atoms with Gasteiger partial charge in [-0.15, -0.1) is 0 Å². The second kappa shape index (κ2) is 4.86. The normalized spacial score (nSPS) is 10.7. The summed E-state index contributed by atoms with van der Waals surface area (Å²) in [5.41, 5.74) is 13.3. The van der Waals surface area contributed by atoms with E-state index in [9.17, 15) is 4.79 Å². The molecule has 2 aromatic carbocycles. The zero-order chi connectivity index (χ0) is 15.0. The molecule has 0 saturated carbocycles. The van der Waals surface area contributed by atoms with Gasteiger partial charge in [0.25, 0.3) is 0 Å². The molecular weight excluding hydrogens is 268 g/mol. The first-order valence-corrected chi connectivity index (χ1v) is 6.36. The Balaban J connectivity index is 2.22. The molecule has 0 aliphatic carbocycles. The molecule has 1 aromatic heterocycles. The fraction of sp³-hybridized carbons (Fsp3) is 0.0625. The minimum absolute atomic E-state index is 0.180. The predicted molar refractivity (Wildman–Crippen MR) is 83.3 cm³/mol. The van der Waals surface area contributed by atoms with Crippen molar-refractivity contribution in [1.29, 1.82) is 0 Å². The number of anilines is 2. The van der Waals surface area contributed by atoms with Crippen molar-refractivity contribution in [2.24, 2.45) is 0 Å². The summed E-state index contributed by atoms with van der Waals surface area (Å²) >= 11 is 0. The first-order chi connectivity index (χ1) is 10.1. The SMILES string of the molecule is COc1ccc(-c2cc(=O)c3cc(N)cc(N)c3o2)cc1. The van der Waals surface area contributed by atoms with Crippen LogP contribution in [-0.4, -0.2) is 7.11 Å². The monoisotopic (exact) mass is 282 g/mol. The molecule has 106 valence electrons. The molecule has 0 atom stereocenters. The molecular formula is C16H14N2O3. The Hall–Kier alpha value is -2.95. The van der Waals surface area contributed by atoms with Crippen LogP contribution in [0.15, 0.2) is 51.7 Å². The van der Waals surface area contributed by atoms with Crippen molar-refractivity contribution in [2.45, 2.75) is 0 Å². The van der Waals surface area contributed by atoms with Gasteiger partial charge < -0.3 is 20.6 Å². The Morgan fingerprint density at radius 2 is 1.76 bits per heavy atom. The third kappa shape index (κ3) is 2.29. The molecule has 3 aromatic rings. The van der Waals surface area contributed by atoms with Gasteiger partial charge in [0.15, 0.2) is 11.0 Å². The molecule has 0 fully saturated rings. The maximum atomic E-state index is 12.2. The summed E-state index contributed by atoms with van der Waals surface area (Å²) < 4.78 is 10.9. The van der Waals surface area contributed by atoms with Crippen LogP contribution in [-0.2, 0) is 0 Å². The van der Waals surface area contributed by atoms with E-state index < -0.39 is 0 Å². The number of benzene rings is 2. The van der Waals surface area contributed by atoms with E-state index in [-0.39, 0.29) is 5.43 Å². The fourth-order valence-electron chi connectivity index (χ4n) is 2.21. The molecule has 0 aliphatic heterocycles. The van der Waals surface area contributed by atoms with E-state index >= 15 is 0 Å². The minimum Gasteiger partial charge on any atom is -0.497 e. The summed E-state index contributed by atoms with van der Waals surface area (Å²) in [7, 11) is 1.59. The van der Waals surface area contributed by atoms with Crippen molar-refractivity contribution < 1.29 is 9.15 Å². The molecule has 0 radical (unpaired) electrons. The lowest BCUT2D eigenvalue weighted by Crippen LogP contribution is -2.03. The average molecular weight is 282 g/mol. The molecule has 3 rings (SSSR count). The zero-order valence-electron chi connectivity index (χ0n) is 11.4. The van der Waals surface area contributed by atoms with Gasteiger partial charge in [0, 0.05) is 17.3 Å². The number of rotatable bonds is 2. The second-order valence-corrected chi connectivity index (χ2v) is 4.69. The largest absolute Gasteiger partial charge is 0.497 e. The average Bonchev–Trinajstić information content (AvgIpc) is 2.48. The number of hydrogen-bond acceptors (Lipinski definition) is 5. The highest BCUT2D eigenvalue weighted by atomic mass is 16.5. The van der Waals surface area contributed by atoms with Crippen molar-refractivity contribution in [2.75, 3.05) is 18.6 Å². The number of methoxy groups -OCH3 is 1. The third-order valence-corrected chi connectivity index (χ3v) is 3.25. The molecule has 21 heavy (non-hydrogen) atoms. The van der Waals surface area contributed by atoms with Gasteiger partial charge in [-0.1, -0.05) is 0 Å². The van der Waals surface area contributed by atoms with Crippen molar-refractivity contribution >= 4 is 22.3 Å². The van der Waals surface area contributed by atoms with Gasteiger partial charge >= 0.3 is 0 Å². The van der Waals surface area contributed by atoms with Crippen molar-refractivity contribution in [3.8, 4) is 17.1 Å².